The number of aliphatic hydroxyl groups is 1. The zero-order valence-corrected chi connectivity index (χ0v) is 13.3. The normalized spacial score (nSPS) is 12.6. The third-order valence-corrected chi connectivity index (χ3v) is 3.86. The highest BCUT2D eigenvalue weighted by molar-refractivity contribution is 5.39. The van der Waals surface area contributed by atoms with Gasteiger partial charge in [-0.05, 0) is 30.9 Å². The van der Waals surface area contributed by atoms with E-state index in [9.17, 15) is 15.2 Å². The van der Waals surface area contributed by atoms with Crippen molar-refractivity contribution in [1.29, 1.82) is 0 Å². The molecule has 0 radical (unpaired) electrons. The summed E-state index contributed by atoms with van der Waals surface area (Å²) < 4.78 is 1.49. The van der Waals surface area contributed by atoms with Gasteiger partial charge in [-0.15, -0.1) is 0 Å². The van der Waals surface area contributed by atoms with Gasteiger partial charge >= 0.3 is 5.69 Å². The number of rotatable bonds is 5. The van der Waals surface area contributed by atoms with Crippen LogP contribution in [0.15, 0.2) is 24.3 Å². The minimum atomic E-state index is -0.751. The van der Waals surface area contributed by atoms with Crippen molar-refractivity contribution in [1.82, 2.24) is 9.78 Å². The topological polar surface area (TPSA) is 81.2 Å². The molecule has 6 heteroatoms. The molecule has 1 N–H and O–H groups in total. The predicted molar refractivity (Wildman–Crippen MR) is 83.8 cm³/mol. The van der Waals surface area contributed by atoms with E-state index in [0.717, 1.165) is 5.56 Å². The predicted octanol–water partition coefficient (Wildman–Crippen LogP) is 3.27. The van der Waals surface area contributed by atoms with Crippen LogP contribution in [0.2, 0.25) is 0 Å². The molecule has 118 valence electrons. The maximum Gasteiger partial charge on any atom is 0.312 e. The average molecular weight is 303 g/mol. The zero-order valence-electron chi connectivity index (χ0n) is 13.3. The van der Waals surface area contributed by atoms with Gasteiger partial charge in [-0.25, -0.2) is 0 Å². The molecule has 0 bridgehead atoms. The Morgan fingerprint density at radius 3 is 2.23 bits per heavy atom. The van der Waals surface area contributed by atoms with Crippen LogP contribution in [0.3, 0.4) is 0 Å². The van der Waals surface area contributed by atoms with E-state index in [0.29, 0.717) is 17.3 Å². The standard InChI is InChI=1S/C16H21N3O3/c1-10(2)13-5-7-14(8-6-13)15(20)9-18-12(4)16(19(21)22)11(3)17-18/h5-8,10,15,20H,9H2,1-4H3/t15-/m1/s1. The van der Waals surface area contributed by atoms with Crippen LogP contribution in [0, 0.1) is 24.0 Å². The van der Waals surface area contributed by atoms with Crippen LogP contribution in [-0.4, -0.2) is 19.8 Å². The Hall–Kier alpha value is -2.21. The summed E-state index contributed by atoms with van der Waals surface area (Å²) in [6.45, 7) is 7.67. The fourth-order valence-electron chi connectivity index (χ4n) is 2.50. The van der Waals surface area contributed by atoms with E-state index >= 15 is 0 Å². The highest BCUT2D eigenvalue weighted by Crippen LogP contribution is 2.25. The number of nitro groups is 1. The largest absolute Gasteiger partial charge is 0.386 e. The van der Waals surface area contributed by atoms with E-state index in [1.165, 1.54) is 10.2 Å². The molecule has 0 aliphatic heterocycles. The SMILES string of the molecule is Cc1nn(C[C@@H](O)c2ccc(C(C)C)cc2)c(C)c1[N+](=O)[O-]. The molecular formula is C16H21N3O3. The van der Waals surface area contributed by atoms with Gasteiger partial charge in [-0.2, -0.15) is 5.10 Å². The van der Waals surface area contributed by atoms with E-state index in [-0.39, 0.29) is 12.2 Å². The Bertz CT molecular complexity index is 675. The minimum Gasteiger partial charge on any atom is -0.386 e. The van der Waals surface area contributed by atoms with Gasteiger partial charge in [0.05, 0.1) is 17.6 Å². The monoisotopic (exact) mass is 303 g/mol. The molecule has 0 fully saturated rings. The summed E-state index contributed by atoms with van der Waals surface area (Å²) in [5, 5.41) is 25.5. The Kier molecular flexibility index (Phi) is 4.61. The first-order valence-electron chi connectivity index (χ1n) is 7.27. The number of hydrogen-bond acceptors (Lipinski definition) is 4. The lowest BCUT2D eigenvalue weighted by molar-refractivity contribution is -0.386. The number of aryl methyl sites for hydroxylation is 1. The Balaban J connectivity index is 2.20. The van der Waals surface area contributed by atoms with Crippen LogP contribution >= 0.6 is 0 Å². The fourth-order valence-corrected chi connectivity index (χ4v) is 2.50. The summed E-state index contributed by atoms with van der Waals surface area (Å²) in [6.07, 6.45) is -0.751. The molecule has 0 aliphatic rings. The smallest absolute Gasteiger partial charge is 0.312 e. The van der Waals surface area contributed by atoms with E-state index in [1.807, 2.05) is 24.3 Å². The van der Waals surface area contributed by atoms with Crippen LogP contribution in [0.1, 0.15) is 48.4 Å². The maximum atomic E-state index is 11.0. The molecule has 2 aromatic rings. The van der Waals surface area contributed by atoms with Crippen molar-refractivity contribution in [3.05, 3.63) is 56.9 Å². The van der Waals surface area contributed by atoms with Crippen molar-refractivity contribution in [3.8, 4) is 0 Å². The third kappa shape index (κ3) is 3.17. The Labute approximate surface area is 129 Å². The molecule has 6 nitrogen and oxygen atoms in total. The molecule has 1 atom stereocenters. The Morgan fingerprint density at radius 2 is 1.77 bits per heavy atom. The second-order valence-corrected chi connectivity index (χ2v) is 5.80. The molecule has 1 aromatic carbocycles. The van der Waals surface area contributed by atoms with Gasteiger partial charge in [0, 0.05) is 0 Å². The number of benzene rings is 1. The van der Waals surface area contributed by atoms with Crippen molar-refractivity contribution < 1.29 is 10.0 Å². The van der Waals surface area contributed by atoms with E-state index in [2.05, 4.69) is 18.9 Å². The number of nitrogens with zero attached hydrogens (tertiary/aromatic N) is 3. The summed E-state index contributed by atoms with van der Waals surface area (Å²) >= 11 is 0. The first-order valence-corrected chi connectivity index (χ1v) is 7.27. The van der Waals surface area contributed by atoms with Crippen LogP contribution in [0.25, 0.3) is 0 Å². The molecule has 1 heterocycles. The van der Waals surface area contributed by atoms with E-state index < -0.39 is 11.0 Å². The van der Waals surface area contributed by atoms with Crippen molar-refractivity contribution in [2.24, 2.45) is 0 Å². The van der Waals surface area contributed by atoms with Crippen LogP contribution in [-0.2, 0) is 6.54 Å². The molecule has 0 amide bonds. The summed E-state index contributed by atoms with van der Waals surface area (Å²) in [4.78, 5) is 10.6. The van der Waals surface area contributed by atoms with Gasteiger partial charge < -0.3 is 5.11 Å². The van der Waals surface area contributed by atoms with Crippen LogP contribution in [0.5, 0.6) is 0 Å². The molecule has 0 aliphatic carbocycles. The first kappa shape index (κ1) is 16.2. The van der Waals surface area contributed by atoms with Gasteiger partial charge in [0.1, 0.15) is 11.4 Å². The maximum absolute atomic E-state index is 11.0. The molecule has 22 heavy (non-hydrogen) atoms. The number of aliphatic hydroxyl groups excluding tert-OH is 1. The summed E-state index contributed by atoms with van der Waals surface area (Å²) in [6, 6.07) is 7.76. The molecular weight excluding hydrogens is 282 g/mol. The average Bonchev–Trinajstić information content (AvgIpc) is 2.73. The van der Waals surface area contributed by atoms with Gasteiger partial charge in [0.2, 0.25) is 0 Å². The summed E-state index contributed by atoms with van der Waals surface area (Å²) in [7, 11) is 0. The molecule has 0 unspecified atom stereocenters. The van der Waals surface area contributed by atoms with Crippen molar-refractivity contribution in [2.75, 3.05) is 0 Å². The van der Waals surface area contributed by atoms with Crippen molar-refractivity contribution in [3.63, 3.8) is 0 Å². The second-order valence-electron chi connectivity index (χ2n) is 5.80. The summed E-state index contributed by atoms with van der Waals surface area (Å²) in [5.41, 5.74) is 2.82. The lowest BCUT2D eigenvalue weighted by Crippen LogP contribution is -2.11. The molecule has 0 saturated carbocycles. The molecule has 0 saturated heterocycles. The lowest BCUT2D eigenvalue weighted by atomic mass is 10.00. The first-order chi connectivity index (χ1) is 10.3. The van der Waals surface area contributed by atoms with Gasteiger partial charge in [-0.1, -0.05) is 38.1 Å². The lowest BCUT2D eigenvalue weighted by Gasteiger charge is -2.13. The molecule has 2 rings (SSSR count). The highest BCUT2D eigenvalue weighted by Gasteiger charge is 2.23. The Morgan fingerprint density at radius 1 is 1.23 bits per heavy atom. The van der Waals surface area contributed by atoms with Gasteiger partial charge in [0.25, 0.3) is 0 Å². The zero-order chi connectivity index (χ0) is 16.4. The van der Waals surface area contributed by atoms with Gasteiger partial charge in [-0.3, -0.25) is 14.8 Å². The van der Waals surface area contributed by atoms with Crippen LogP contribution < -0.4 is 0 Å². The fraction of sp³-hybridized carbons (Fsp3) is 0.438. The number of aromatic nitrogens is 2. The van der Waals surface area contributed by atoms with Gasteiger partial charge in [0.15, 0.2) is 0 Å². The minimum absolute atomic E-state index is 0.0161. The quantitative estimate of drug-likeness (QED) is 0.679. The number of hydrogen-bond donors (Lipinski definition) is 1. The van der Waals surface area contributed by atoms with Crippen LogP contribution in [0.4, 0.5) is 5.69 Å². The van der Waals surface area contributed by atoms with Crippen molar-refractivity contribution in [2.45, 2.75) is 46.3 Å². The second kappa shape index (κ2) is 6.27. The van der Waals surface area contributed by atoms with Crippen molar-refractivity contribution >= 4 is 5.69 Å². The molecule has 0 spiro atoms. The summed E-state index contributed by atoms with van der Waals surface area (Å²) in [5.74, 6) is 0.435. The van der Waals surface area contributed by atoms with E-state index in [4.69, 9.17) is 0 Å². The molecule has 1 aromatic heterocycles. The third-order valence-electron chi connectivity index (χ3n) is 3.86. The highest BCUT2D eigenvalue weighted by atomic mass is 16.6. The van der Waals surface area contributed by atoms with E-state index in [1.54, 1.807) is 13.8 Å².